The van der Waals surface area contributed by atoms with Crippen molar-refractivity contribution in [2.75, 3.05) is 0 Å². The minimum atomic E-state index is -2.32. The molecule has 1 radical (unpaired) electrons. The van der Waals surface area contributed by atoms with Gasteiger partial charge in [0.1, 0.15) is 0 Å². The van der Waals surface area contributed by atoms with Gasteiger partial charge in [0.25, 0.3) is 0 Å². The molecular formula is C40H36IrN4O-2. The van der Waals surface area contributed by atoms with Crippen molar-refractivity contribution in [3.05, 3.63) is 120 Å². The molecule has 0 bridgehead atoms. The van der Waals surface area contributed by atoms with E-state index in [-0.39, 0.29) is 37.1 Å². The Morgan fingerprint density at radius 3 is 2.61 bits per heavy atom. The summed E-state index contributed by atoms with van der Waals surface area (Å²) < 4.78 is 48.1. The standard InChI is InChI=1S/C22H21N2O.C18H15N2.Ir/c1-14-8-9-17-16-6-5-7-18(20(16)25-21(17)24-14)19-12-15(10-11-23-19)13-22(2,3)4;1-18(2)12-11-13-9-6-10-15-16(13)20(18)17(19-15)14-7-4-3-5-8-14;/h5-6,8-12H,13H2,1-4H3;3-7,9-12H,1-2H3;/q2*-1;/i1D3,13D2;;. The molecule has 0 saturated heterocycles. The molecule has 0 aliphatic carbocycles. The van der Waals surface area contributed by atoms with E-state index in [1.807, 2.05) is 45.0 Å². The summed E-state index contributed by atoms with van der Waals surface area (Å²) >= 11 is 0. The van der Waals surface area contributed by atoms with Crippen molar-refractivity contribution in [3.63, 3.8) is 0 Å². The van der Waals surface area contributed by atoms with E-state index in [9.17, 15) is 0 Å². The zero-order valence-corrected chi connectivity index (χ0v) is 28.7. The van der Waals surface area contributed by atoms with Crippen LogP contribution in [-0.2, 0) is 32.0 Å². The molecule has 0 atom stereocenters. The van der Waals surface area contributed by atoms with E-state index >= 15 is 0 Å². The zero-order chi connectivity index (χ0) is 35.6. The maximum absolute atomic E-state index is 8.55. The fourth-order valence-corrected chi connectivity index (χ4v) is 5.82. The van der Waals surface area contributed by atoms with Gasteiger partial charge in [-0.3, -0.25) is 4.98 Å². The van der Waals surface area contributed by atoms with Crippen LogP contribution in [0, 0.1) is 24.4 Å². The molecule has 0 unspecified atom stereocenters. The largest absolute Gasteiger partial charge is 0.486 e. The van der Waals surface area contributed by atoms with Crippen LogP contribution in [0.2, 0.25) is 0 Å². The monoisotopic (exact) mass is 786 g/mol. The number of pyridine rings is 2. The van der Waals surface area contributed by atoms with Gasteiger partial charge in [-0.05, 0) is 68.0 Å². The van der Waals surface area contributed by atoms with Gasteiger partial charge in [-0.1, -0.05) is 67.6 Å². The Balaban J connectivity index is 0.000000185. The maximum atomic E-state index is 8.55. The van der Waals surface area contributed by atoms with Crippen molar-refractivity contribution in [1.82, 2.24) is 19.5 Å². The summed E-state index contributed by atoms with van der Waals surface area (Å²) in [6.45, 7) is 7.67. The molecule has 0 fully saturated rings. The first-order valence-electron chi connectivity index (χ1n) is 17.5. The molecule has 0 N–H and O–H groups in total. The first kappa shape index (κ1) is 25.8. The predicted octanol–water partition coefficient (Wildman–Crippen LogP) is 10.0. The molecule has 233 valence electrons. The summed E-state index contributed by atoms with van der Waals surface area (Å²) in [6, 6.07) is 30.9. The molecule has 0 amide bonds. The number of hydrogen-bond acceptors (Lipinski definition) is 4. The SMILES string of the molecule is CC1(C)C=Cc2cccc3nc(-c4[c-]cccc4)n1c23.[2H]C([2H])([2H])c1ccc2c(n1)oc1c(-c3cc(C([2H])([2H])C(C)(C)C)ccn3)[c-]ccc12.[Ir]. The van der Waals surface area contributed by atoms with Crippen LogP contribution in [0.15, 0.2) is 95.6 Å². The molecule has 0 spiro atoms. The van der Waals surface area contributed by atoms with Gasteiger partial charge in [0.05, 0.1) is 28.0 Å². The molecular weight excluding hydrogens is 745 g/mol. The molecule has 4 aromatic heterocycles. The average Bonchev–Trinajstić information content (AvgIpc) is 3.67. The molecule has 1 aliphatic heterocycles. The molecule has 0 saturated carbocycles. The van der Waals surface area contributed by atoms with Crippen LogP contribution in [0.25, 0.3) is 61.8 Å². The van der Waals surface area contributed by atoms with E-state index in [0.29, 0.717) is 27.8 Å². The van der Waals surface area contributed by atoms with Gasteiger partial charge in [-0.15, -0.1) is 54.1 Å². The van der Waals surface area contributed by atoms with Crippen LogP contribution in [0.3, 0.4) is 0 Å². The number of allylic oxidation sites excluding steroid dienone is 1. The van der Waals surface area contributed by atoms with Crippen LogP contribution >= 0.6 is 0 Å². The predicted molar refractivity (Wildman–Crippen MR) is 184 cm³/mol. The smallest absolute Gasteiger partial charge is 0.216 e. The Kier molecular flexibility index (Phi) is 6.77. The summed E-state index contributed by atoms with van der Waals surface area (Å²) in [4.78, 5) is 13.4. The van der Waals surface area contributed by atoms with Gasteiger partial charge in [0, 0.05) is 44.2 Å². The van der Waals surface area contributed by atoms with Crippen LogP contribution < -0.4 is 0 Å². The average molecular weight is 786 g/mol. The second kappa shape index (κ2) is 12.1. The van der Waals surface area contributed by atoms with Crippen LogP contribution in [0.4, 0.5) is 0 Å². The number of aryl methyl sites for hydroxylation is 1. The van der Waals surface area contributed by atoms with Gasteiger partial charge >= 0.3 is 0 Å². The summed E-state index contributed by atoms with van der Waals surface area (Å²) in [5.41, 5.74) is 6.17. The van der Waals surface area contributed by atoms with E-state index in [4.69, 9.17) is 16.3 Å². The molecule has 46 heavy (non-hydrogen) atoms. The topological polar surface area (TPSA) is 56.7 Å². The quantitative estimate of drug-likeness (QED) is 0.168. The fraction of sp³-hybridized carbons (Fsp3) is 0.225. The van der Waals surface area contributed by atoms with Crippen LogP contribution in [0.5, 0.6) is 0 Å². The third-order valence-electron chi connectivity index (χ3n) is 7.74. The number of furan rings is 1. The van der Waals surface area contributed by atoms with Crippen LogP contribution in [0.1, 0.15) is 58.3 Å². The van der Waals surface area contributed by atoms with Crippen molar-refractivity contribution >= 4 is 39.2 Å². The van der Waals surface area contributed by atoms with E-state index in [2.05, 4.69) is 76.9 Å². The van der Waals surface area contributed by atoms with Crippen molar-refractivity contribution < 1.29 is 31.4 Å². The van der Waals surface area contributed by atoms with E-state index in [0.717, 1.165) is 22.3 Å². The third-order valence-corrected chi connectivity index (χ3v) is 7.74. The van der Waals surface area contributed by atoms with Gasteiger partial charge < -0.3 is 14.0 Å². The van der Waals surface area contributed by atoms with E-state index in [1.165, 1.54) is 17.1 Å². The van der Waals surface area contributed by atoms with Gasteiger partial charge in [0.15, 0.2) is 0 Å². The van der Waals surface area contributed by atoms with Gasteiger partial charge in [0.2, 0.25) is 5.71 Å². The normalized spacial score (nSPS) is 15.6. The Morgan fingerprint density at radius 1 is 0.957 bits per heavy atom. The fourth-order valence-electron chi connectivity index (χ4n) is 5.82. The summed E-state index contributed by atoms with van der Waals surface area (Å²) in [5, 5.41) is 1.48. The maximum Gasteiger partial charge on any atom is 0.216 e. The second-order valence-corrected chi connectivity index (χ2v) is 12.8. The summed E-state index contributed by atoms with van der Waals surface area (Å²) in [6.07, 6.45) is 4.45. The van der Waals surface area contributed by atoms with Crippen molar-refractivity contribution in [3.8, 4) is 22.6 Å². The van der Waals surface area contributed by atoms with Crippen molar-refractivity contribution in [2.24, 2.45) is 5.41 Å². The molecule has 7 aromatic rings. The first-order valence-corrected chi connectivity index (χ1v) is 15.0. The van der Waals surface area contributed by atoms with E-state index < -0.39 is 18.6 Å². The Hall–Kier alpha value is -4.38. The Labute approximate surface area is 290 Å². The van der Waals surface area contributed by atoms with Crippen molar-refractivity contribution in [1.29, 1.82) is 0 Å². The molecule has 8 rings (SSSR count). The number of fused-ring (bicyclic) bond motifs is 3. The number of hydrogen-bond donors (Lipinski definition) is 0. The summed E-state index contributed by atoms with van der Waals surface area (Å²) in [7, 11) is 0. The minimum Gasteiger partial charge on any atom is -0.486 e. The number of para-hydroxylation sites is 1. The van der Waals surface area contributed by atoms with E-state index in [1.54, 1.807) is 30.5 Å². The van der Waals surface area contributed by atoms with Crippen molar-refractivity contribution in [2.45, 2.75) is 53.4 Å². The number of rotatable bonds is 3. The minimum absolute atomic E-state index is 0. The number of benzene rings is 3. The zero-order valence-electron chi connectivity index (χ0n) is 31.3. The van der Waals surface area contributed by atoms with Crippen LogP contribution in [-0.4, -0.2) is 19.5 Å². The van der Waals surface area contributed by atoms with Gasteiger partial charge in [-0.25, -0.2) is 4.98 Å². The number of nitrogens with zero attached hydrogens (tertiary/aromatic N) is 4. The number of imidazole rings is 1. The molecule has 5 nitrogen and oxygen atoms in total. The Bertz CT molecular complexity index is 2420. The molecule has 5 heterocycles. The third kappa shape index (κ3) is 5.95. The molecule has 1 aliphatic rings. The molecule has 6 heteroatoms. The number of aromatic nitrogens is 4. The Morgan fingerprint density at radius 2 is 1.83 bits per heavy atom. The second-order valence-electron chi connectivity index (χ2n) is 12.8. The first-order chi connectivity index (χ1) is 23.6. The molecule has 3 aromatic carbocycles. The summed E-state index contributed by atoms with van der Waals surface area (Å²) in [5.74, 6) is 0.988. The van der Waals surface area contributed by atoms with Gasteiger partial charge in [-0.2, -0.15) is 0 Å².